The fourth-order valence-corrected chi connectivity index (χ4v) is 2.86. The van der Waals surface area contributed by atoms with Gasteiger partial charge in [-0.1, -0.05) is 0 Å². The molecule has 4 nitrogen and oxygen atoms in total. The van der Waals surface area contributed by atoms with Crippen LogP contribution in [-0.2, 0) is 12.1 Å². The van der Waals surface area contributed by atoms with Crippen molar-refractivity contribution >= 4 is 0 Å². The van der Waals surface area contributed by atoms with E-state index in [1.165, 1.54) is 13.8 Å². The molecule has 1 heterocycles. The Labute approximate surface area is 165 Å². The molecule has 30 heavy (non-hydrogen) atoms. The molecule has 0 aliphatic carbocycles. The van der Waals surface area contributed by atoms with Crippen molar-refractivity contribution in [3.8, 4) is 17.1 Å². The van der Waals surface area contributed by atoms with Crippen LogP contribution in [0.5, 0.6) is 5.75 Å². The standard InChI is InChI=1S/C19H14F7N3O/c1-19(2,30-16-13(23)6-10(21)7-14(16)24)18-28-27-17(29(18)8-15(25)26)11-4-3-9(20)5-12(11)22/h3-7,15H,8H2,1-2H3. The zero-order chi connectivity index (χ0) is 22.2. The molecule has 2 aromatic carbocycles. The summed E-state index contributed by atoms with van der Waals surface area (Å²) in [6.07, 6.45) is -2.93. The monoisotopic (exact) mass is 433 g/mol. The van der Waals surface area contributed by atoms with E-state index >= 15 is 0 Å². The van der Waals surface area contributed by atoms with Gasteiger partial charge >= 0.3 is 0 Å². The molecule has 3 rings (SSSR count). The second kappa shape index (κ2) is 7.96. The average molecular weight is 433 g/mol. The van der Waals surface area contributed by atoms with Gasteiger partial charge in [-0.15, -0.1) is 10.2 Å². The molecule has 0 spiro atoms. The van der Waals surface area contributed by atoms with Gasteiger partial charge in [0.25, 0.3) is 6.43 Å². The van der Waals surface area contributed by atoms with E-state index in [2.05, 4.69) is 10.2 Å². The summed E-state index contributed by atoms with van der Waals surface area (Å²) < 4.78 is 101. The zero-order valence-electron chi connectivity index (χ0n) is 15.6. The number of ether oxygens (including phenoxy) is 1. The topological polar surface area (TPSA) is 39.9 Å². The summed E-state index contributed by atoms with van der Waals surface area (Å²) >= 11 is 0. The summed E-state index contributed by atoms with van der Waals surface area (Å²) in [6, 6.07) is 3.22. The van der Waals surface area contributed by atoms with Crippen molar-refractivity contribution in [1.29, 1.82) is 0 Å². The molecule has 1 aromatic heterocycles. The summed E-state index contributed by atoms with van der Waals surface area (Å²) in [6.45, 7) is 1.51. The first-order valence-corrected chi connectivity index (χ1v) is 8.50. The highest BCUT2D eigenvalue weighted by Gasteiger charge is 2.34. The van der Waals surface area contributed by atoms with E-state index in [9.17, 15) is 30.7 Å². The summed E-state index contributed by atoms with van der Waals surface area (Å²) in [5.41, 5.74) is -2.07. The summed E-state index contributed by atoms with van der Waals surface area (Å²) in [5, 5.41) is 7.42. The van der Waals surface area contributed by atoms with Crippen LogP contribution >= 0.6 is 0 Å². The second-order valence-corrected chi connectivity index (χ2v) is 6.78. The number of hydrogen-bond donors (Lipinski definition) is 0. The molecule has 0 unspecified atom stereocenters. The number of halogens is 7. The Kier molecular flexibility index (Phi) is 5.73. The molecule has 0 atom stereocenters. The van der Waals surface area contributed by atoms with Crippen molar-refractivity contribution in [2.45, 2.75) is 32.4 Å². The SMILES string of the molecule is CC(C)(Oc1c(F)cc(F)cc1F)c1nnc(-c2ccc(F)cc2F)n1CC(F)F. The smallest absolute Gasteiger partial charge is 0.256 e. The van der Waals surface area contributed by atoms with Crippen LogP contribution in [-0.4, -0.2) is 21.2 Å². The van der Waals surface area contributed by atoms with Gasteiger partial charge in [0.2, 0.25) is 0 Å². The Balaban J connectivity index is 2.10. The first-order chi connectivity index (χ1) is 14.0. The molecule has 0 aliphatic heterocycles. The molecule has 0 amide bonds. The van der Waals surface area contributed by atoms with E-state index in [1.807, 2.05) is 0 Å². The molecule has 160 valence electrons. The lowest BCUT2D eigenvalue weighted by atomic mass is 10.1. The van der Waals surface area contributed by atoms with E-state index in [4.69, 9.17) is 4.74 Å². The van der Waals surface area contributed by atoms with Crippen LogP contribution in [0.3, 0.4) is 0 Å². The predicted octanol–water partition coefficient (Wildman–Crippen LogP) is 5.22. The van der Waals surface area contributed by atoms with Crippen LogP contribution in [0.25, 0.3) is 11.4 Å². The van der Waals surface area contributed by atoms with Gasteiger partial charge in [-0.05, 0) is 26.0 Å². The number of alkyl halides is 2. The molecule has 0 aliphatic rings. The predicted molar refractivity (Wildman–Crippen MR) is 91.3 cm³/mol. The van der Waals surface area contributed by atoms with E-state index in [0.29, 0.717) is 18.2 Å². The van der Waals surface area contributed by atoms with Crippen molar-refractivity contribution in [3.05, 3.63) is 65.2 Å². The Morgan fingerprint density at radius 1 is 0.900 bits per heavy atom. The van der Waals surface area contributed by atoms with Crippen molar-refractivity contribution in [3.63, 3.8) is 0 Å². The van der Waals surface area contributed by atoms with Crippen molar-refractivity contribution in [1.82, 2.24) is 14.8 Å². The molecule has 0 saturated heterocycles. The van der Waals surface area contributed by atoms with E-state index in [1.54, 1.807) is 0 Å². The van der Waals surface area contributed by atoms with E-state index < -0.39 is 53.4 Å². The third kappa shape index (κ3) is 4.24. The summed E-state index contributed by atoms with van der Waals surface area (Å²) in [5.74, 6) is -7.48. The highest BCUT2D eigenvalue weighted by Crippen LogP contribution is 2.33. The molecular formula is C19H14F7N3O. The van der Waals surface area contributed by atoms with Crippen molar-refractivity contribution in [2.75, 3.05) is 0 Å². The zero-order valence-corrected chi connectivity index (χ0v) is 15.6. The first-order valence-electron chi connectivity index (χ1n) is 8.50. The van der Waals surface area contributed by atoms with Crippen molar-refractivity contribution < 1.29 is 35.5 Å². The lowest BCUT2D eigenvalue weighted by Gasteiger charge is -2.27. The van der Waals surface area contributed by atoms with Crippen LogP contribution in [0.4, 0.5) is 30.7 Å². The van der Waals surface area contributed by atoms with Gasteiger partial charge < -0.3 is 9.30 Å². The molecular weight excluding hydrogens is 419 g/mol. The molecule has 0 N–H and O–H groups in total. The maximum absolute atomic E-state index is 14.2. The van der Waals surface area contributed by atoms with Gasteiger partial charge in [0.1, 0.15) is 17.5 Å². The maximum atomic E-state index is 14.2. The Hall–Kier alpha value is -3.11. The summed E-state index contributed by atoms with van der Waals surface area (Å²) in [4.78, 5) is 0. The molecule has 11 heteroatoms. The van der Waals surface area contributed by atoms with Gasteiger partial charge in [0.15, 0.2) is 34.6 Å². The molecule has 0 bridgehead atoms. The van der Waals surface area contributed by atoms with Crippen LogP contribution in [0.1, 0.15) is 19.7 Å². The molecule has 0 saturated carbocycles. The van der Waals surface area contributed by atoms with Crippen LogP contribution in [0.15, 0.2) is 30.3 Å². The van der Waals surface area contributed by atoms with Crippen LogP contribution in [0, 0.1) is 29.1 Å². The number of hydrogen-bond acceptors (Lipinski definition) is 3. The highest BCUT2D eigenvalue weighted by atomic mass is 19.3. The summed E-state index contributed by atoms with van der Waals surface area (Å²) in [7, 11) is 0. The average Bonchev–Trinajstić information content (AvgIpc) is 3.01. The second-order valence-electron chi connectivity index (χ2n) is 6.78. The number of rotatable bonds is 6. The fourth-order valence-electron chi connectivity index (χ4n) is 2.86. The van der Waals surface area contributed by atoms with Gasteiger partial charge in [-0.2, -0.15) is 0 Å². The maximum Gasteiger partial charge on any atom is 0.256 e. The minimum Gasteiger partial charge on any atom is -0.474 e. The minimum absolute atomic E-state index is 0.314. The molecule has 0 radical (unpaired) electrons. The Morgan fingerprint density at radius 3 is 2.07 bits per heavy atom. The number of benzene rings is 2. The highest BCUT2D eigenvalue weighted by molar-refractivity contribution is 5.56. The normalized spacial score (nSPS) is 11.9. The minimum atomic E-state index is -2.93. The van der Waals surface area contributed by atoms with Gasteiger partial charge in [-0.25, -0.2) is 30.7 Å². The van der Waals surface area contributed by atoms with E-state index in [-0.39, 0.29) is 17.2 Å². The first kappa shape index (κ1) is 21.6. The van der Waals surface area contributed by atoms with Gasteiger partial charge in [0, 0.05) is 18.2 Å². The molecule has 0 fully saturated rings. The lowest BCUT2D eigenvalue weighted by Crippen LogP contribution is -2.31. The van der Waals surface area contributed by atoms with Gasteiger partial charge in [0.05, 0.1) is 12.1 Å². The quantitative estimate of drug-likeness (QED) is 0.501. The van der Waals surface area contributed by atoms with Crippen LogP contribution < -0.4 is 4.74 Å². The third-order valence-electron chi connectivity index (χ3n) is 4.10. The van der Waals surface area contributed by atoms with Crippen molar-refractivity contribution in [2.24, 2.45) is 0 Å². The molecule has 3 aromatic rings. The third-order valence-corrected chi connectivity index (χ3v) is 4.10. The lowest BCUT2D eigenvalue weighted by molar-refractivity contribution is 0.0735. The van der Waals surface area contributed by atoms with Crippen LogP contribution in [0.2, 0.25) is 0 Å². The number of aromatic nitrogens is 3. The fraction of sp³-hybridized carbons (Fsp3) is 0.263. The Morgan fingerprint density at radius 2 is 1.50 bits per heavy atom. The van der Waals surface area contributed by atoms with Gasteiger partial charge in [-0.3, -0.25) is 0 Å². The Bertz CT molecular complexity index is 1060. The number of nitrogens with zero attached hydrogens (tertiary/aromatic N) is 3. The van der Waals surface area contributed by atoms with E-state index in [0.717, 1.165) is 16.7 Å². The largest absolute Gasteiger partial charge is 0.474 e.